The minimum absolute atomic E-state index is 0.140. The highest BCUT2D eigenvalue weighted by atomic mass is 16.6. The summed E-state index contributed by atoms with van der Waals surface area (Å²) in [6.45, 7) is 4.75. The van der Waals surface area contributed by atoms with Crippen molar-refractivity contribution in [1.82, 2.24) is 15.1 Å². The first kappa shape index (κ1) is 30.9. The van der Waals surface area contributed by atoms with Crippen LogP contribution in [0.15, 0.2) is 54.6 Å². The monoisotopic (exact) mass is 593 g/mol. The summed E-state index contributed by atoms with van der Waals surface area (Å²) < 4.78 is 12.6. The summed E-state index contributed by atoms with van der Waals surface area (Å²) in [5.74, 6) is -3.26. The zero-order valence-electron chi connectivity index (χ0n) is 25.0. The number of nitrogens with one attached hydrogen (secondary N) is 1. The lowest BCUT2D eigenvalue weighted by Crippen LogP contribution is -2.56. The number of hydrogen-bond acceptors (Lipinski definition) is 7. The molecule has 0 aromatic heterocycles. The zero-order valence-corrected chi connectivity index (χ0v) is 25.0. The zero-order chi connectivity index (χ0) is 30.6. The molecular formula is C33H43N3O7. The predicted octanol–water partition coefficient (Wildman–Crippen LogP) is 2.68. The lowest BCUT2D eigenvalue weighted by molar-refractivity contribution is -0.161. The van der Waals surface area contributed by atoms with Crippen molar-refractivity contribution in [1.29, 1.82) is 0 Å². The second-order valence-electron chi connectivity index (χ2n) is 11.9. The van der Waals surface area contributed by atoms with Gasteiger partial charge in [0.25, 0.3) is 0 Å². The van der Waals surface area contributed by atoms with Crippen molar-refractivity contribution in [3.8, 4) is 0 Å². The van der Waals surface area contributed by atoms with E-state index in [1.807, 2.05) is 42.5 Å². The largest absolute Gasteiger partial charge is 0.455 e. The molecule has 0 saturated carbocycles. The summed E-state index contributed by atoms with van der Waals surface area (Å²) >= 11 is 0. The number of unbranched alkanes of at least 4 members (excludes halogenated alkanes) is 2. The topological polar surface area (TPSA) is 125 Å². The third-order valence-electron chi connectivity index (χ3n) is 9.02. The highest BCUT2D eigenvalue weighted by Crippen LogP contribution is 2.56. The third kappa shape index (κ3) is 5.99. The van der Waals surface area contributed by atoms with Crippen LogP contribution in [-0.2, 0) is 28.7 Å². The molecule has 0 unspecified atom stereocenters. The van der Waals surface area contributed by atoms with Crippen molar-refractivity contribution in [3.63, 3.8) is 0 Å². The number of aliphatic hydroxyl groups excluding tert-OH is 1. The molecule has 1 aromatic carbocycles. The van der Waals surface area contributed by atoms with Gasteiger partial charge in [-0.1, -0.05) is 74.4 Å². The summed E-state index contributed by atoms with van der Waals surface area (Å²) in [7, 11) is 0. The number of allylic oxidation sites excluding steroid dienone is 1. The second-order valence-corrected chi connectivity index (χ2v) is 11.9. The van der Waals surface area contributed by atoms with Gasteiger partial charge in [-0.2, -0.15) is 0 Å². The fourth-order valence-electron chi connectivity index (χ4n) is 6.96. The van der Waals surface area contributed by atoms with Gasteiger partial charge in [0.05, 0.1) is 18.1 Å². The summed E-state index contributed by atoms with van der Waals surface area (Å²) in [5, 5.41) is 12.6. The molecule has 3 amide bonds. The molecule has 5 rings (SSSR count). The molecule has 4 aliphatic heterocycles. The normalized spacial score (nSPS) is 33.5. The van der Waals surface area contributed by atoms with E-state index >= 15 is 0 Å². The van der Waals surface area contributed by atoms with Crippen molar-refractivity contribution in [2.45, 2.75) is 82.3 Å². The van der Waals surface area contributed by atoms with E-state index in [-0.39, 0.29) is 37.3 Å². The lowest BCUT2D eigenvalue weighted by Gasteiger charge is -2.36. The summed E-state index contributed by atoms with van der Waals surface area (Å²) in [6.07, 6.45) is 9.61. The van der Waals surface area contributed by atoms with Gasteiger partial charge in [-0.25, -0.2) is 0 Å². The number of nitrogens with zero attached hydrogens (tertiary/aromatic N) is 2. The molecule has 0 radical (unpaired) electrons. The molecule has 2 saturated heterocycles. The first-order valence-corrected chi connectivity index (χ1v) is 15.6. The van der Waals surface area contributed by atoms with Crippen molar-refractivity contribution < 1.29 is 33.8 Å². The Morgan fingerprint density at radius 1 is 1.02 bits per heavy atom. The number of esters is 1. The van der Waals surface area contributed by atoms with E-state index in [2.05, 4.69) is 12.2 Å². The molecule has 1 spiro atoms. The van der Waals surface area contributed by atoms with Gasteiger partial charge < -0.3 is 29.7 Å². The van der Waals surface area contributed by atoms with Gasteiger partial charge in [-0.3, -0.25) is 19.2 Å². The van der Waals surface area contributed by atoms with Gasteiger partial charge in [0.1, 0.15) is 23.7 Å². The van der Waals surface area contributed by atoms with Crippen molar-refractivity contribution in [2.75, 3.05) is 26.2 Å². The van der Waals surface area contributed by atoms with E-state index in [0.29, 0.717) is 31.5 Å². The van der Waals surface area contributed by atoms with Crippen molar-refractivity contribution in [2.24, 2.45) is 11.8 Å². The molecule has 10 nitrogen and oxygen atoms in total. The van der Waals surface area contributed by atoms with Crippen molar-refractivity contribution >= 4 is 23.7 Å². The molecule has 7 atom stereocenters. The molecule has 4 aliphatic rings. The maximum atomic E-state index is 14.4. The van der Waals surface area contributed by atoms with Crippen LogP contribution < -0.4 is 5.32 Å². The van der Waals surface area contributed by atoms with Crippen LogP contribution in [0.4, 0.5) is 0 Å². The average Bonchev–Trinajstić information content (AvgIpc) is 3.64. The van der Waals surface area contributed by atoms with Crippen LogP contribution in [0.1, 0.15) is 64.0 Å². The van der Waals surface area contributed by atoms with Gasteiger partial charge in [0, 0.05) is 32.7 Å². The quantitative estimate of drug-likeness (QED) is 0.270. The Morgan fingerprint density at radius 2 is 1.81 bits per heavy atom. The van der Waals surface area contributed by atoms with E-state index < -0.39 is 47.7 Å². The third-order valence-corrected chi connectivity index (χ3v) is 9.02. The molecule has 2 fully saturated rings. The molecule has 1 aromatic rings. The van der Waals surface area contributed by atoms with Crippen molar-refractivity contribution in [3.05, 3.63) is 60.2 Å². The van der Waals surface area contributed by atoms with E-state index in [4.69, 9.17) is 9.47 Å². The first-order valence-electron chi connectivity index (χ1n) is 15.6. The highest BCUT2D eigenvalue weighted by Gasteiger charge is 2.73. The molecule has 43 heavy (non-hydrogen) atoms. The molecule has 2 N–H and O–H groups in total. The number of hydrogen-bond donors (Lipinski definition) is 2. The van der Waals surface area contributed by atoms with Gasteiger partial charge in [0.15, 0.2) is 0 Å². The Balaban J connectivity index is 1.55. The number of fused-ring (bicyclic) bond motifs is 2. The Morgan fingerprint density at radius 3 is 2.56 bits per heavy atom. The fraction of sp³-hybridized carbons (Fsp3) is 0.576. The lowest BCUT2D eigenvalue weighted by atomic mass is 9.74. The SMILES string of the molecule is CCCCCN1C/C=C\CCC(=O)N[C@@H](C)[C@H](c2ccccc2)OC(=O)[C@@H]2[C@H]3C(=O)N(CCCO)[C@H](C1=O)[C@]31C=C[C@H]2O1. The first-order chi connectivity index (χ1) is 20.8. The average molecular weight is 594 g/mol. The number of benzene rings is 1. The minimum atomic E-state index is -1.30. The second kappa shape index (κ2) is 13.4. The van der Waals surface area contributed by atoms with Gasteiger partial charge in [-0.15, -0.1) is 0 Å². The van der Waals surface area contributed by atoms with Crippen LogP contribution in [0.25, 0.3) is 0 Å². The summed E-state index contributed by atoms with van der Waals surface area (Å²) in [5.41, 5.74) is -0.588. The van der Waals surface area contributed by atoms with Crippen LogP contribution in [0, 0.1) is 11.8 Å². The fourth-order valence-corrected chi connectivity index (χ4v) is 6.96. The van der Waals surface area contributed by atoms with Gasteiger partial charge in [0.2, 0.25) is 17.7 Å². The number of likely N-dealkylation sites (tertiary alicyclic amines) is 1. The van der Waals surface area contributed by atoms with Crippen LogP contribution in [-0.4, -0.2) is 88.6 Å². The van der Waals surface area contributed by atoms with Gasteiger partial charge in [-0.05, 0) is 31.7 Å². The van der Waals surface area contributed by atoms with E-state index in [1.54, 1.807) is 24.0 Å². The smallest absolute Gasteiger partial charge is 0.313 e. The summed E-state index contributed by atoms with van der Waals surface area (Å²) in [6, 6.07) is 7.71. The van der Waals surface area contributed by atoms with Crippen LogP contribution in [0.5, 0.6) is 0 Å². The molecule has 10 heteroatoms. The minimum Gasteiger partial charge on any atom is -0.455 e. The van der Waals surface area contributed by atoms with Crippen LogP contribution >= 0.6 is 0 Å². The number of amides is 3. The highest BCUT2D eigenvalue weighted by molar-refractivity contribution is 5.99. The molecule has 0 aliphatic carbocycles. The Labute approximate surface area is 253 Å². The Hall–Kier alpha value is -3.50. The predicted molar refractivity (Wildman–Crippen MR) is 158 cm³/mol. The maximum Gasteiger partial charge on any atom is 0.313 e. The summed E-state index contributed by atoms with van der Waals surface area (Å²) in [4.78, 5) is 58.6. The molecule has 4 heterocycles. The van der Waals surface area contributed by atoms with Gasteiger partial charge >= 0.3 is 5.97 Å². The molecule has 232 valence electrons. The Kier molecular flexibility index (Phi) is 9.66. The van der Waals surface area contributed by atoms with E-state index in [9.17, 15) is 24.3 Å². The standard InChI is InChI=1S/C33H43N3O7/c1-3-4-10-18-35-19-11-6-9-15-25(38)34-22(2)28(23-13-7-5-8-14-23)42-32(41)26-24-16-17-33(43-24)27(26)30(39)36(20-12-21-37)29(33)31(35)40/h5-8,11,13-14,16-17,22,24,26-29,37H,3-4,9-10,12,15,18-21H2,1-2H3,(H,34,38)/b11-6-/t22-,24+,26-,27-,28+,29+,33-/m0/s1. The maximum absolute atomic E-state index is 14.4. The molecule has 5 bridgehead atoms. The van der Waals surface area contributed by atoms with E-state index in [0.717, 1.165) is 19.3 Å². The van der Waals surface area contributed by atoms with Crippen LogP contribution in [0.2, 0.25) is 0 Å². The number of cyclic esters (lactones) is 1. The number of ether oxygens (including phenoxy) is 2. The number of carbonyl (C=O) groups excluding carboxylic acids is 4. The van der Waals surface area contributed by atoms with E-state index in [1.165, 1.54) is 4.90 Å². The molecular weight excluding hydrogens is 550 g/mol. The van der Waals surface area contributed by atoms with Crippen LogP contribution in [0.3, 0.4) is 0 Å². The number of aliphatic hydroxyl groups is 1. The number of rotatable bonds is 8. The Bertz CT molecular complexity index is 1250. The number of carbonyl (C=O) groups is 4.